The molecule has 7 heteroatoms. The van der Waals surface area contributed by atoms with Crippen LogP contribution in [-0.2, 0) is 6.54 Å². The van der Waals surface area contributed by atoms with Crippen LogP contribution in [0.15, 0.2) is 42.7 Å². The Kier molecular flexibility index (Phi) is 6.17. The van der Waals surface area contributed by atoms with Gasteiger partial charge in [-0.05, 0) is 43.0 Å². The Hall–Kier alpha value is -2.06. The van der Waals surface area contributed by atoms with Crippen molar-refractivity contribution in [3.63, 3.8) is 0 Å². The molecule has 2 aliphatic rings. The van der Waals surface area contributed by atoms with Crippen LogP contribution in [0.2, 0.25) is 0 Å². The van der Waals surface area contributed by atoms with Gasteiger partial charge in [-0.25, -0.2) is 9.97 Å². The van der Waals surface area contributed by atoms with Crippen molar-refractivity contribution in [3.05, 3.63) is 48.3 Å². The summed E-state index contributed by atoms with van der Waals surface area (Å²) in [7, 11) is 0. The van der Waals surface area contributed by atoms with Gasteiger partial charge in [-0.1, -0.05) is 12.1 Å². The molecule has 2 aromatic rings. The molecule has 4 rings (SSSR count). The molecular weight excluding hydrogens is 356 g/mol. The second kappa shape index (κ2) is 8.96. The predicted molar refractivity (Wildman–Crippen MR) is 105 cm³/mol. The second-order valence-corrected chi connectivity index (χ2v) is 7.70. The first-order valence-electron chi connectivity index (χ1n) is 10.0. The standard InChI is InChI=1S/C21H28N4O3/c26-17-6-12-25(13-7-17)19-8-11-24(15-20(19)27)14-16-2-4-18(5-3-16)28-21-22-9-1-10-23-21/h1-5,9-10,17,19-20,26-27H,6-8,11-15H2/t19-,20-/m1/s1. The van der Waals surface area contributed by atoms with Crippen molar-refractivity contribution < 1.29 is 14.9 Å². The molecule has 2 saturated heterocycles. The van der Waals surface area contributed by atoms with Crippen molar-refractivity contribution in [2.45, 2.75) is 44.1 Å². The van der Waals surface area contributed by atoms with Gasteiger partial charge in [-0.2, -0.15) is 0 Å². The van der Waals surface area contributed by atoms with Crippen LogP contribution in [0, 0.1) is 0 Å². The van der Waals surface area contributed by atoms with Crippen LogP contribution in [0.1, 0.15) is 24.8 Å². The van der Waals surface area contributed by atoms with Gasteiger partial charge in [0.05, 0.1) is 12.2 Å². The number of β-amino-alcohol motifs (C(OH)–C–C–N with tert-alkyl or cyclic N) is 1. The molecule has 2 fully saturated rings. The fourth-order valence-electron chi connectivity index (χ4n) is 4.14. The van der Waals surface area contributed by atoms with Gasteiger partial charge >= 0.3 is 6.01 Å². The molecule has 0 bridgehead atoms. The zero-order valence-corrected chi connectivity index (χ0v) is 16.0. The van der Waals surface area contributed by atoms with E-state index in [4.69, 9.17) is 4.74 Å². The molecule has 0 unspecified atom stereocenters. The highest BCUT2D eigenvalue weighted by molar-refractivity contribution is 5.29. The molecule has 0 saturated carbocycles. The number of piperidine rings is 2. The Balaban J connectivity index is 1.28. The maximum atomic E-state index is 10.7. The molecule has 0 amide bonds. The van der Waals surface area contributed by atoms with Crippen LogP contribution in [0.4, 0.5) is 0 Å². The highest BCUT2D eigenvalue weighted by Crippen LogP contribution is 2.23. The molecule has 28 heavy (non-hydrogen) atoms. The van der Waals surface area contributed by atoms with Crippen LogP contribution >= 0.6 is 0 Å². The van der Waals surface area contributed by atoms with Crippen LogP contribution in [-0.4, -0.2) is 74.4 Å². The number of hydrogen-bond acceptors (Lipinski definition) is 7. The van der Waals surface area contributed by atoms with Gasteiger partial charge in [0.1, 0.15) is 5.75 Å². The van der Waals surface area contributed by atoms with Crippen molar-refractivity contribution in [2.24, 2.45) is 0 Å². The third-order valence-corrected chi connectivity index (χ3v) is 5.68. The summed E-state index contributed by atoms with van der Waals surface area (Å²) in [6.07, 6.45) is 5.37. The molecule has 1 aromatic carbocycles. The lowest BCUT2D eigenvalue weighted by Crippen LogP contribution is -2.55. The summed E-state index contributed by atoms with van der Waals surface area (Å²) in [5.74, 6) is 0.709. The summed E-state index contributed by atoms with van der Waals surface area (Å²) in [4.78, 5) is 12.8. The molecular formula is C21H28N4O3. The van der Waals surface area contributed by atoms with Crippen molar-refractivity contribution >= 4 is 0 Å². The van der Waals surface area contributed by atoms with Crippen molar-refractivity contribution in [3.8, 4) is 11.8 Å². The summed E-state index contributed by atoms with van der Waals surface area (Å²) in [6.45, 7) is 4.23. The molecule has 1 aromatic heterocycles. The van der Waals surface area contributed by atoms with Gasteiger partial charge in [-0.3, -0.25) is 9.80 Å². The molecule has 3 heterocycles. The van der Waals surface area contributed by atoms with E-state index in [1.165, 1.54) is 5.56 Å². The molecule has 0 aliphatic carbocycles. The number of aromatic nitrogens is 2. The summed E-state index contributed by atoms with van der Waals surface area (Å²) in [6, 6.07) is 10.2. The SMILES string of the molecule is OC1CCN([C@@H]2CCN(Cc3ccc(Oc4ncccn4)cc3)C[C@H]2O)CC1. The summed E-state index contributed by atoms with van der Waals surface area (Å²) in [5, 5.41) is 20.4. The third kappa shape index (κ3) is 4.86. The normalized spacial score (nSPS) is 24.9. The smallest absolute Gasteiger partial charge is 0.321 e. The van der Waals surface area contributed by atoms with Gasteiger partial charge in [0.25, 0.3) is 0 Å². The maximum absolute atomic E-state index is 10.7. The highest BCUT2D eigenvalue weighted by atomic mass is 16.5. The van der Waals surface area contributed by atoms with E-state index < -0.39 is 0 Å². The summed E-state index contributed by atoms with van der Waals surface area (Å²) in [5.41, 5.74) is 1.19. The fourth-order valence-corrected chi connectivity index (χ4v) is 4.14. The fraction of sp³-hybridized carbons (Fsp3) is 0.524. The summed E-state index contributed by atoms with van der Waals surface area (Å²) < 4.78 is 5.63. The van der Waals surface area contributed by atoms with Crippen LogP contribution in [0.3, 0.4) is 0 Å². The first-order chi connectivity index (χ1) is 13.7. The number of ether oxygens (including phenoxy) is 1. The van der Waals surface area contributed by atoms with Gasteiger partial charge in [0, 0.05) is 51.2 Å². The number of rotatable bonds is 5. The number of likely N-dealkylation sites (tertiary alicyclic amines) is 2. The first kappa shape index (κ1) is 19.3. The number of benzene rings is 1. The number of aliphatic hydroxyl groups excluding tert-OH is 2. The summed E-state index contributed by atoms with van der Waals surface area (Å²) >= 11 is 0. The van der Waals surface area contributed by atoms with E-state index in [1.54, 1.807) is 18.5 Å². The monoisotopic (exact) mass is 384 g/mol. The van der Waals surface area contributed by atoms with E-state index in [0.29, 0.717) is 18.3 Å². The van der Waals surface area contributed by atoms with Crippen molar-refractivity contribution in [1.29, 1.82) is 0 Å². The molecule has 0 radical (unpaired) electrons. The van der Waals surface area contributed by atoms with E-state index in [9.17, 15) is 10.2 Å². The molecule has 2 aliphatic heterocycles. The second-order valence-electron chi connectivity index (χ2n) is 7.70. The quantitative estimate of drug-likeness (QED) is 0.811. The third-order valence-electron chi connectivity index (χ3n) is 5.68. The van der Waals surface area contributed by atoms with E-state index in [1.807, 2.05) is 24.3 Å². The minimum atomic E-state index is -0.346. The molecule has 2 atom stereocenters. The molecule has 7 nitrogen and oxygen atoms in total. The van der Waals surface area contributed by atoms with E-state index in [2.05, 4.69) is 19.8 Å². The number of aliphatic hydroxyl groups is 2. The van der Waals surface area contributed by atoms with Crippen LogP contribution in [0.25, 0.3) is 0 Å². The van der Waals surface area contributed by atoms with E-state index >= 15 is 0 Å². The minimum Gasteiger partial charge on any atom is -0.424 e. The zero-order chi connectivity index (χ0) is 19.3. The first-order valence-corrected chi connectivity index (χ1v) is 10.0. The highest BCUT2D eigenvalue weighted by Gasteiger charge is 2.33. The van der Waals surface area contributed by atoms with Crippen LogP contribution < -0.4 is 4.74 Å². The molecule has 150 valence electrons. The lowest BCUT2D eigenvalue weighted by molar-refractivity contribution is -0.0355. The predicted octanol–water partition coefficient (Wildman–Crippen LogP) is 1.66. The van der Waals surface area contributed by atoms with Gasteiger partial charge < -0.3 is 14.9 Å². The minimum absolute atomic E-state index is 0.172. The average Bonchev–Trinajstić information content (AvgIpc) is 2.71. The largest absolute Gasteiger partial charge is 0.424 e. The maximum Gasteiger partial charge on any atom is 0.321 e. The number of hydrogen-bond donors (Lipinski definition) is 2. The number of nitrogens with zero attached hydrogens (tertiary/aromatic N) is 4. The molecule has 0 spiro atoms. The van der Waals surface area contributed by atoms with Crippen molar-refractivity contribution in [1.82, 2.24) is 19.8 Å². The van der Waals surface area contributed by atoms with E-state index in [0.717, 1.165) is 45.4 Å². The Morgan fingerprint density at radius 2 is 1.68 bits per heavy atom. The lowest BCUT2D eigenvalue weighted by Gasteiger charge is -2.43. The van der Waals surface area contributed by atoms with E-state index in [-0.39, 0.29) is 18.2 Å². The van der Waals surface area contributed by atoms with Gasteiger partial charge in [-0.15, -0.1) is 0 Å². The Labute approximate surface area is 165 Å². The van der Waals surface area contributed by atoms with Gasteiger partial charge in [0.2, 0.25) is 0 Å². The Morgan fingerprint density at radius 1 is 0.964 bits per heavy atom. The Morgan fingerprint density at radius 3 is 2.36 bits per heavy atom. The Bertz CT molecular complexity index is 735. The van der Waals surface area contributed by atoms with Crippen LogP contribution in [0.5, 0.6) is 11.8 Å². The molecule has 2 N–H and O–H groups in total. The van der Waals surface area contributed by atoms with Gasteiger partial charge in [0.15, 0.2) is 0 Å². The average molecular weight is 384 g/mol. The van der Waals surface area contributed by atoms with Crippen molar-refractivity contribution in [2.75, 3.05) is 26.2 Å². The lowest BCUT2D eigenvalue weighted by atomic mass is 9.96. The topological polar surface area (TPSA) is 82.0 Å². The zero-order valence-electron chi connectivity index (χ0n) is 16.0.